The quantitative estimate of drug-likeness (QED) is 0.563. The van der Waals surface area contributed by atoms with E-state index in [4.69, 9.17) is 13.9 Å². The van der Waals surface area contributed by atoms with E-state index in [0.29, 0.717) is 22.8 Å². The molecule has 0 fully saturated rings. The lowest BCUT2D eigenvalue weighted by Crippen LogP contribution is -2.07. The summed E-state index contributed by atoms with van der Waals surface area (Å²) in [5, 5.41) is 3.49. The molecule has 132 valence electrons. The van der Waals surface area contributed by atoms with E-state index in [1.807, 2.05) is 0 Å². The average molecular weight is 351 g/mol. The number of methoxy groups -OCH3 is 2. The molecule has 0 aliphatic heterocycles. The number of nitrogens with one attached hydrogen (secondary N) is 1. The molecule has 0 aliphatic rings. The minimum Gasteiger partial charge on any atom is -0.497 e. The zero-order valence-electron chi connectivity index (χ0n) is 14.3. The normalized spacial score (nSPS) is 10.8. The number of carbonyl (C=O) groups is 1. The van der Waals surface area contributed by atoms with E-state index in [0.717, 1.165) is 10.9 Å². The van der Waals surface area contributed by atoms with E-state index >= 15 is 0 Å². The number of fused-ring (bicyclic) bond motifs is 1. The Balaban J connectivity index is 1.77. The van der Waals surface area contributed by atoms with E-state index in [2.05, 4.69) is 5.32 Å². The van der Waals surface area contributed by atoms with Crippen LogP contribution in [0.5, 0.6) is 11.5 Å². The third-order valence-electron chi connectivity index (χ3n) is 3.74. The van der Waals surface area contributed by atoms with Crippen LogP contribution in [0.1, 0.15) is 5.56 Å². The first kappa shape index (κ1) is 17.3. The first-order valence-electron chi connectivity index (χ1n) is 7.84. The average Bonchev–Trinajstić information content (AvgIpc) is 2.66. The van der Waals surface area contributed by atoms with Crippen molar-refractivity contribution in [2.45, 2.75) is 0 Å². The van der Waals surface area contributed by atoms with Crippen molar-refractivity contribution in [2.75, 3.05) is 19.5 Å². The minimum atomic E-state index is -0.413. The molecule has 1 N–H and O–H groups in total. The molecule has 1 aromatic heterocycles. The van der Waals surface area contributed by atoms with Gasteiger partial charge >= 0.3 is 5.63 Å². The molecule has 3 aromatic rings. The van der Waals surface area contributed by atoms with Crippen LogP contribution in [-0.4, -0.2) is 20.1 Å². The first-order valence-corrected chi connectivity index (χ1v) is 7.84. The van der Waals surface area contributed by atoms with Crippen molar-refractivity contribution in [3.63, 3.8) is 0 Å². The summed E-state index contributed by atoms with van der Waals surface area (Å²) in [6.07, 6.45) is 3.06. The number of rotatable bonds is 5. The van der Waals surface area contributed by atoms with Gasteiger partial charge in [-0.3, -0.25) is 4.79 Å². The van der Waals surface area contributed by atoms with Crippen LogP contribution < -0.4 is 20.4 Å². The molecule has 0 atom stereocenters. The fourth-order valence-electron chi connectivity index (χ4n) is 2.47. The van der Waals surface area contributed by atoms with Gasteiger partial charge in [0.15, 0.2) is 0 Å². The summed E-state index contributed by atoms with van der Waals surface area (Å²) in [5.74, 6) is 1.00. The van der Waals surface area contributed by atoms with E-state index in [1.165, 1.54) is 12.1 Å². The number of hydrogen-bond acceptors (Lipinski definition) is 5. The SMILES string of the molecule is COc1ccc(OC)c(/C=C/C(=O)Nc2ccc3oc(=O)ccc3c2)c1. The number of carbonyl (C=O) groups excluding carboxylic acids is 1. The van der Waals surface area contributed by atoms with Gasteiger partial charge in [0.2, 0.25) is 5.91 Å². The highest BCUT2D eigenvalue weighted by Crippen LogP contribution is 2.25. The van der Waals surface area contributed by atoms with E-state index in [1.54, 1.807) is 62.8 Å². The standard InChI is InChI=1S/C20H17NO5/c1-24-16-6-8-17(25-2)14(12-16)3-9-19(22)21-15-5-7-18-13(11-15)4-10-20(23)26-18/h3-12H,1-2H3,(H,21,22)/b9-3+. The fraction of sp³-hybridized carbons (Fsp3) is 0.100. The minimum absolute atomic E-state index is 0.299. The fourth-order valence-corrected chi connectivity index (χ4v) is 2.47. The Morgan fingerprint density at radius 2 is 1.88 bits per heavy atom. The summed E-state index contributed by atoms with van der Waals surface area (Å²) < 4.78 is 15.5. The van der Waals surface area contributed by atoms with Crippen molar-refractivity contribution >= 4 is 28.6 Å². The maximum atomic E-state index is 12.2. The zero-order valence-corrected chi connectivity index (χ0v) is 14.3. The highest BCUT2D eigenvalue weighted by Gasteiger charge is 2.05. The number of hydrogen-bond donors (Lipinski definition) is 1. The van der Waals surface area contributed by atoms with Crippen LogP contribution in [0.2, 0.25) is 0 Å². The number of benzene rings is 2. The molecule has 0 saturated carbocycles. The van der Waals surface area contributed by atoms with E-state index < -0.39 is 5.63 Å². The van der Waals surface area contributed by atoms with Gasteiger partial charge in [0.05, 0.1) is 14.2 Å². The van der Waals surface area contributed by atoms with Gasteiger partial charge in [-0.25, -0.2) is 4.79 Å². The van der Waals surface area contributed by atoms with Crippen molar-refractivity contribution in [1.82, 2.24) is 0 Å². The number of amides is 1. The molecule has 0 radical (unpaired) electrons. The van der Waals surface area contributed by atoms with Crippen LogP contribution in [0.15, 0.2) is 63.8 Å². The number of ether oxygens (including phenoxy) is 2. The summed E-state index contributed by atoms with van der Waals surface area (Å²) in [7, 11) is 3.14. The summed E-state index contributed by atoms with van der Waals surface area (Å²) in [6.45, 7) is 0. The van der Waals surface area contributed by atoms with Gasteiger partial charge in [0, 0.05) is 28.8 Å². The monoisotopic (exact) mass is 351 g/mol. The van der Waals surface area contributed by atoms with Crippen LogP contribution in [0.3, 0.4) is 0 Å². The van der Waals surface area contributed by atoms with Gasteiger partial charge in [-0.05, 0) is 48.5 Å². The predicted molar refractivity (Wildman–Crippen MR) is 99.7 cm³/mol. The Kier molecular flexibility index (Phi) is 5.03. The van der Waals surface area contributed by atoms with Crippen LogP contribution in [-0.2, 0) is 4.79 Å². The number of anilines is 1. The first-order chi connectivity index (χ1) is 12.6. The predicted octanol–water partition coefficient (Wildman–Crippen LogP) is 3.46. The van der Waals surface area contributed by atoms with Crippen LogP contribution in [0.25, 0.3) is 17.0 Å². The van der Waals surface area contributed by atoms with E-state index in [-0.39, 0.29) is 5.91 Å². The zero-order chi connectivity index (χ0) is 18.5. The van der Waals surface area contributed by atoms with Gasteiger partial charge in [-0.2, -0.15) is 0 Å². The van der Waals surface area contributed by atoms with Crippen molar-refractivity contribution in [1.29, 1.82) is 0 Å². The smallest absolute Gasteiger partial charge is 0.336 e. The third kappa shape index (κ3) is 3.92. The van der Waals surface area contributed by atoms with Crippen molar-refractivity contribution < 1.29 is 18.7 Å². The second kappa shape index (κ2) is 7.57. The second-order valence-corrected chi connectivity index (χ2v) is 5.44. The lowest BCUT2D eigenvalue weighted by Gasteiger charge is -2.07. The Bertz CT molecular complexity index is 1040. The Labute approximate surface area is 149 Å². The van der Waals surface area contributed by atoms with Crippen molar-refractivity contribution in [2.24, 2.45) is 0 Å². The highest BCUT2D eigenvalue weighted by atomic mass is 16.5. The largest absolute Gasteiger partial charge is 0.497 e. The Hall–Kier alpha value is -3.54. The molecule has 26 heavy (non-hydrogen) atoms. The molecular weight excluding hydrogens is 334 g/mol. The van der Waals surface area contributed by atoms with Gasteiger partial charge in [-0.15, -0.1) is 0 Å². The maximum absolute atomic E-state index is 12.2. The summed E-state index contributed by atoms with van der Waals surface area (Å²) >= 11 is 0. The molecule has 6 nitrogen and oxygen atoms in total. The van der Waals surface area contributed by atoms with Gasteiger partial charge in [-0.1, -0.05) is 0 Å². The molecular formula is C20H17NO5. The molecule has 0 aliphatic carbocycles. The lowest BCUT2D eigenvalue weighted by molar-refractivity contribution is -0.111. The van der Waals surface area contributed by atoms with Gasteiger partial charge < -0.3 is 19.2 Å². The van der Waals surface area contributed by atoms with E-state index in [9.17, 15) is 9.59 Å². The molecule has 2 aromatic carbocycles. The van der Waals surface area contributed by atoms with Crippen molar-refractivity contribution in [3.8, 4) is 11.5 Å². The summed E-state index contributed by atoms with van der Waals surface area (Å²) in [4.78, 5) is 23.4. The molecule has 3 rings (SSSR count). The lowest BCUT2D eigenvalue weighted by atomic mass is 10.1. The summed E-state index contributed by atoms with van der Waals surface area (Å²) in [6, 6.07) is 13.4. The molecule has 0 unspecified atom stereocenters. The highest BCUT2D eigenvalue weighted by molar-refractivity contribution is 6.03. The molecule has 0 spiro atoms. The molecule has 6 heteroatoms. The Morgan fingerprint density at radius 1 is 1.04 bits per heavy atom. The topological polar surface area (TPSA) is 77.8 Å². The van der Waals surface area contributed by atoms with Crippen molar-refractivity contribution in [3.05, 3.63) is 70.6 Å². The molecule has 0 bridgehead atoms. The third-order valence-corrected chi connectivity index (χ3v) is 3.74. The Morgan fingerprint density at radius 3 is 2.65 bits per heavy atom. The van der Waals surface area contributed by atoms with Crippen LogP contribution >= 0.6 is 0 Å². The second-order valence-electron chi connectivity index (χ2n) is 5.44. The van der Waals surface area contributed by atoms with Crippen LogP contribution in [0.4, 0.5) is 5.69 Å². The maximum Gasteiger partial charge on any atom is 0.336 e. The summed E-state index contributed by atoms with van der Waals surface area (Å²) in [5.41, 5.74) is 1.37. The van der Waals surface area contributed by atoms with Crippen LogP contribution in [0, 0.1) is 0 Å². The van der Waals surface area contributed by atoms with Gasteiger partial charge in [0.1, 0.15) is 17.1 Å². The molecule has 0 saturated heterocycles. The molecule has 1 heterocycles. The van der Waals surface area contributed by atoms with Gasteiger partial charge in [0.25, 0.3) is 0 Å². The molecule has 1 amide bonds.